The molecule has 2 rings (SSSR count). The van der Waals surface area contributed by atoms with Crippen molar-refractivity contribution >= 4 is 21.7 Å². The van der Waals surface area contributed by atoms with Crippen LogP contribution in [0.1, 0.15) is 23.1 Å². The molecule has 1 aliphatic rings. The van der Waals surface area contributed by atoms with E-state index in [0.29, 0.717) is 6.42 Å². The highest BCUT2D eigenvalue weighted by Gasteiger charge is 2.38. The van der Waals surface area contributed by atoms with E-state index in [1.54, 1.807) is 0 Å². The molecule has 0 bridgehead atoms. The average molecular weight is 339 g/mol. The zero-order chi connectivity index (χ0) is 17.2. The van der Waals surface area contributed by atoms with Crippen LogP contribution in [0.15, 0.2) is 18.2 Å². The predicted octanol–water partition coefficient (Wildman–Crippen LogP) is 0.946. The number of benzene rings is 1. The minimum Gasteiger partial charge on any atom is -0.480 e. The molecule has 1 amide bonds. The first-order valence-electron chi connectivity index (χ1n) is 7.48. The number of aryl methyl sites for hydroxylation is 3. The summed E-state index contributed by atoms with van der Waals surface area (Å²) in [6.45, 7) is 3.91. The summed E-state index contributed by atoms with van der Waals surface area (Å²) in [5.74, 6) is -2.26. The molecule has 1 aromatic rings. The van der Waals surface area contributed by atoms with E-state index >= 15 is 0 Å². The molecule has 0 aromatic heterocycles. The molecule has 1 aromatic carbocycles. The average Bonchev–Trinajstić information content (AvgIpc) is 2.42. The normalized spacial score (nSPS) is 20.3. The van der Waals surface area contributed by atoms with Crippen LogP contribution in [0.4, 0.5) is 0 Å². The number of nitrogens with zero attached hydrogens (tertiary/aromatic N) is 1. The highest BCUT2D eigenvalue weighted by Crippen LogP contribution is 2.16. The van der Waals surface area contributed by atoms with E-state index in [-0.39, 0.29) is 24.6 Å². The van der Waals surface area contributed by atoms with Crippen molar-refractivity contribution in [2.75, 3.05) is 18.1 Å². The quantitative estimate of drug-likeness (QED) is 0.882. The Morgan fingerprint density at radius 1 is 1.22 bits per heavy atom. The number of amides is 1. The fourth-order valence-corrected chi connectivity index (χ4v) is 4.36. The fourth-order valence-electron chi connectivity index (χ4n) is 2.92. The van der Waals surface area contributed by atoms with Gasteiger partial charge in [0.25, 0.3) is 0 Å². The van der Waals surface area contributed by atoms with Crippen molar-refractivity contribution in [1.29, 1.82) is 0 Å². The van der Waals surface area contributed by atoms with Gasteiger partial charge < -0.3 is 10.0 Å². The molecule has 1 heterocycles. The van der Waals surface area contributed by atoms with Gasteiger partial charge in [0.1, 0.15) is 6.04 Å². The minimum atomic E-state index is -3.40. The summed E-state index contributed by atoms with van der Waals surface area (Å²) < 4.78 is 23.2. The summed E-state index contributed by atoms with van der Waals surface area (Å²) in [5, 5.41) is 9.19. The molecule has 0 radical (unpaired) electrons. The number of carboxylic acids is 1. The lowest BCUT2D eigenvalue weighted by atomic mass is 10.0. The Kier molecular flexibility index (Phi) is 5.09. The lowest BCUT2D eigenvalue weighted by molar-refractivity contribution is -0.149. The first-order valence-corrected chi connectivity index (χ1v) is 9.30. The van der Waals surface area contributed by atoms with E-state index in [1.807, 2.05) is 32.0 Å². The molecule has 7 heteroatoms. The Labute approximate surface area is 136 Å². The van der Waals surface area contributed by atoms with Crippen LogP contribution in [0.2, 0.25) is 0 Å². The second-order valence-corrected chi connectivity index (χ2v) is 8.28. The molecular weight excluding hydrogens is 318 g/mol. The van der Waals surface area contributed by atoms with Crippen molar-refractivity contribution in [3.05, 3.63) is 34.9 Å². The SMILES string of the molecule is Cc1cc(C)cc(CCC(=O)N2CCS(=O)(=O)CC2C(=O)O)c1. The summed E-state index contributed by atoms with van der Waals surface area (Å²) in [4.78, 5) is 24.8. The Bertz CT molecular complexity index is 706. The second kappa shape index (κ2) is 6.70. The Hall–Kier alpha value is -1.89. The van der Waals surface area contributed by atoms with Gasteiger partial charge in [-0.25, -0.2) is 13.2 Å². The van der Waals surface area contributed by atoms with E-state index in [0.717, 1.165) is 16.7 Å². The molecule has 0 spiro atoms. The molecule has 6 nitrogen and oxygen atoms in total. The van der Waals surface area contributed by atoms with Crippen LogP contribution in [-0.2, 0) is 25.8 Å². The van der Waals surface area contributed by atoms with Crippen molar-refractivity contribution in [3.63, 3.8) is 0 Å². The number of hydrogen-bond acceptors (Lipinski definition) is 4. The molecule has 1 aliphatic heterocycles. The fraction of sp³-hybridized carbons (Fsp3) is 0.500. The zero-order valence-corrected chi connectivity index (χ0v) is 14.1. The molecule has 23 heavy (non-hydrogen) atoms. The zero-order valence-electron chi connectivity index (χ0n) is 13.3. The van der Waals surface area contributed by atoms with Gasteiger partial charge in [-0.1, -0.05) is 29.3 Å². The van der Waals surface area contributed by atoms with Gasteiger partial charge in [0, 0.05) is 13.0 Å². The predicted molar refractivity (Wildman–Crippen MR) is 86.0 cm³/mol. The third-order valence-corrected chi connectivity index (χ3v) is 5.57. The topological polar surface area (TPSA) is 91.8 Å². The summed E-state index contributed by atoms with van der Waals surface area (Å²) in [5.41, 5.74) is 3.24. The van der Waals surface area contributed by atoms with Crippen LogP contribution < -0.4 is 0 Å². The van der Waals surface area contributed by atoms with E-state index in [2.05, 4.69) is 0 Å². The third-order valence-electron chi connectivity index (χ3n) is 3.95. The lowest BCUT2D eigenvalue weighted by Gasteiger charge is -2.32. The summed E-state index contributed by atoms with van der Waals surface area (Å²) in [7, 11) is -3.40. The van der Waals surface area contributed by atoms with Gasteiger partial charge in [0.05, 0.1) is 11.5 Å². The van der Waals surface area contributed by atoms with E-state index < -0.39 is 27.6 Å². The number of aliphatic carboxylic acids is 1. The Morgan fingerprint density at radius 2 is 1.83 bits per heavy atom. The summed E-state index contributed by atoms with van der Waals surface area (Å²) in [6.07, 6.45) is 0.684. The second-order valence-electron chi connectivity index (χ2n) is 6.05. The minimum absolute atomic E-state index is 0.0506. The first-order chi connectivity index (χ1) is 10.7. The van der Waals surface area contributed by atoms with E-state index in [9.17, 15) is 23.1 Å². The number of sulfone groups is 1. The number of rotatable bonds is 4. The van der Waals surface area contributed by atoms with Crippen molar-refractivity contribution < 1.29 is 23.1 Å². The van der Waals surface area contributed by atoms with Crippen molar-refractivity contribution in [2.45, 2.75) is 32.7 Å². The smallest absolute Gasteiger partial charge is 0.327 e. The standard InChI is InChI=1S/C16H21NO5S/c1-11-7-12(2)9-13(8-11)3-4-15(18)17-5-6-23(21,22)10-14(17)16(19)20/h7-9,14H,3-6,10H2,1-2H3,(H,19,20). The molecule has 1 saturated heterocycles. The van der Waals surface area contributed by atoms with E-state index in [4.69, 9.17) is 0 Å². The van der Waals surface area contributed by atoms with Crippen molar-refractivity contribution in [1.82, 2.24) is 4.90 Å². The van der Waals surface area contributed by atoms with E-state index in [1.165, 1.54) is 4.90 Å². The molecule has 1 unspecified atom stereocenters. The third kappa shape index (κ3) is 4.54. The maximum atomic E-state index is 12.3. The first kappa shape index (κ1) is 17.5. The summed E-state index contributed by atoms with van der Waals surface area (Å²) >= 11 is 0. The molecule has 1 N–H and O–H groups in total. The largest absolute Gasteiger partial charge is 0.480 e. The van der Waals surface area contributed by atoms with Crippen LogP contribution >= 0.6 is 0 Å². The number of hydrogen-bond donors (Lipinski definition) is 1. The van der Waals surface area contributed by atoms with Crippen molar-refractivity contribution in [2.24, 2.45) is 0 Å². The Morgan fingerprint density at radius 3 is 2.39 bits per heavy atom. The molecule has 1 fully saturated rings. The summed E-state index contributed by atoms with van der Waals surface area (Å²) in [6, 6.07) is 4.76. The lowest BCUT2D eigenvalue weighted by Crippen LogP contribution is -2.54. The van der Waals surface area contributed by atoms with Crippen LogP contribution in [0.5, 0.6) is 0 Å². The van der Waals surface area contributed by atoms with Gasteiger partial charge in [0.15, 0.2) is 9.84 Å². The number of carbonyl (C=O) groups excluding carboxylic acids is 1. The highest BCUT2D eigenvalue weighted by atomic mass is 32.2. The van der Waals surface area contributed by atoms with Crippen LogP contribution in [0, 0.1) is 13.8 Å². The van der Waals surface area contributed by atoms with Gasteiger partial charge in [0.2, 0.25) is 5.91 Å². The number of carboxylic acid groups (broad SMARTS) is 1. The highest BCUT2D eigenvalue weighted by molar-refractivity contribution is 7.91. The van der Waals surface area contributed by atoms with Crippen LogP contribution in [0.25, 0.3) is 0 Å². The van der Waals surface area contributed by atoms with Gasteiger partial charge in [-0.15, -0.1) is 0 Å². The van der Waals surface area contributed by atoms with Gasteiger partial charge >= 0.3 is 5.97 Å². The Balaban J connectivity index is 2.05. The monoisotopic (exact) mass is 339 g/mol. The van der Waals surface area contributed by atoms with Crippen LogP contribution in [0.3, 0.4) is 0 Å². The van der Waals surface area contributed by atoms with Gasteiger partial charge in [-0.2, -0.15) is 0 Å². The van der Waals surface area contributed by atoms with Gasteiger partial charge in [-0.05, 0) is 25.8 Å². The molecule has 1 atom stereocenters. The maximum absolute atomic E-state index is 12.3. The molecular formula is C16H21NO5S. The van der Waals surface area contributed by atoms with Gasteiger partial charge in [-0.3, -0.25) is 4.79 Å². The molecule has 0 saturated carbocycles. The number of carbonyl (C=O) groups is 2. The molecule has 126 valence electrons. The maximum Gasteiger partial charge on any atom is 0.327 e. The van der Waals surface area contributed by atoms with Crippen molar-refractivity contribution in [3.8, 4) is 0 Å². The molecule has 0 aliphatic carbocycles. The van der Waals surface area contributed by atoms with Crippen LogP contribution in [-0.4, -0.2) is 54.4 Å².